The van der Waals surface area contributed by atoms with Crippen LogP contribution < -0.4 is 15.0 Å². The Morgan fingerprint density at radius 3 is 2.87 bits per heavy atom. The van der Waals surface area contributed by atoms with Crippen molar-refractivity contribution in [2.45, 2.75) is 19.9 Å². The summed E-state index contributed by atoms with van der Waals surface area (Å²) in [5.41, 5.74) is 2.23. The lowest BCUT2D eigenvalue weighted by atomic mass is 10.2. The molecule has 1 N–H and O–H groups in total. The summed E-state index contributed by atoms with van der Waals surface area (Å²) < 4.78 is 19.2. The molecule has 120 valence electrons. The number of nitrogens with zero attached hydrogens (tertiary/aromatic N) is 1. The largest absolute Gasteiger partial charge is 0.481 e. The lowest BCUT2D eigenvalue weighted by Crippen LogP contribution is -2.39. The van der Waals surface area contributed by atoms with Crippen molar-refractivity contribution in [3.63, 3.8) is 0 Å². The minimum Gasteiger partial charge on any atom is -0.481 e. The molecule has 0 bridgehead atoms. The normalized spacial score (nSPS) is 13.5. The van der Waals surface area contributed by atoms with E-state index in [9.17, 15) is 9.18 Å². The summed E-state index contributed by atoms with van der Waals surface area (Å²) in [6, 6.07) is 12.3. The molecule has 2 aromatic carbocycles. The van der Waals surface area contributed by atoms with E-state index in [1.807, 2.05) is 31.2 Å². The molecule has 3 rings (SSSR count). The minimum atomic E-state index is -0.228. The van der Waals surface area contributed by atoms with Crippen molar-refractivity contribution < 1.29 is 13.9 Å². The second-order valence-corrected chi connectivity index (χ2v) is 5.46. The maximum Gasteiger partial charge on any atom is 0.265 e. The number of amides is 1. The van der Waals surface area contributed by atoms with E-state index in [1.165, 1.54) is 6.07 Å². The van der Waals surface area contributed by atoms with Gasteiger partial charge in [0.1, 0.15) is 11.6 Å². The van der Waals surface area contributed by atoms with Gasteiger partial charge in [0.05, 0.1) is 5.69 Å². The summed E-state index contributed by atoms with van der Waals surface area (Å²) in [6.45, 7) is 3.16. The molecule has 5 heteroatoms. The molecule has 0 saturated carbocycles. The van der Waals surface area contributed by atoms with Crippen molar-refractivity contribution in [1.82, 2.24) is 0 Å². The molecular formula is C18H19FN2O2. The first-order chi connectivity index (χ1) is 11.2. The third-order valence-electron chi connectivity index (χ3n) is 3.79. The Balaban J connectivity index is 1.76. The van der Waals surface area contributed by atoms with Crippen LogP contribution in [0.15, 0.2) is 42.5 Å². The first kappa shape index (κ1) is 15.3. The van der Waals surface area contributed by atoms with Crippen LogP contribution in [0.25, 0.3) is 0 Å². The average Bonchev–Trinajstić information content (AvgIpc) is 2.57. The number of carbonyl (C=O) groups excluding carboxylic acids is 1. The topological polar surface area (TPSA) is 41.6 Å². The van der Waals surface area contributed by atoms with E-state index in [2.05, 4.69) is 5.32 Å². The van der Waals surface area contributed by atoms with E-state index in [0.717, 1.165) is 17.8 Å². The predicted octanol–water partition coefficient (Wildman–Crippen LogP) is 3.57. The van der Waals surface area contributed by atoms with E-state index in [1.54, 1.807) is 17.0 Å². The highest BCUT2D eigenvalue weighted by atomic mass is 19.1. The first-order valence-electron chi connectivity index (χ1n) is 7.73. The van der Waals surface area contributed by atoms with E-state index < -0.39 is 0 Å². The van der Waals surface area contributed by atoms with Crippen molar-refractivity contribution in [2.24, 2.45) is 0 Å². The van der Waals surface area contributed by atoms with Gasteiger partial charge in [-0.3, -0.25) is 4.79 Å². The number of carbonyl (C=O) groups is 1. The fourth-order valence-electron chi connectivity index (χ4n) is 2.62. The van der Waals surface area contributed by atoms with Crippen LogP contribution in [0, 0.1) is 5.82 Å². The van der Waals surface area contributed by atoms with Gasteiger partial charge in [0.25, 0.3) is 5.91 Å². The van der Waals surface area contributed by atoms with Gasteiger partial charge >= 0.3 is 0 Å². The molecule has 0 spiro atoms. The minimum absolute atomic E-state index is 0.0218. The molecule has 0 radical (unpaired) electrons. The summed E-state index contributed by atoms with van der Waals surface area (Å²) in [5, 5.41) is 3.19. The van der Waals surface area contributed by atoms with Crippen LogP contribution in [0.5, 0.6) is 5.75 Å². The quantitative estimate of drug-likeness (QED) is 0.917. The zero-order valence-corrected chi connectivity index (χ0v) is 13.0. The molecule has 0 atom stereocenters. The molecule has 0 aromatic heterocycles. The Hall–Kier alpha value is -2.56. The number of hydrogen-bond donors (Lipinski definition) is 1. The first-order valence-corrected chi connectivity index (χ1v) is 7.73. The third kappa shape index (κ3) is 3.28. The smallest absolute Gasteiger partial charge is 0.265 e. The number of benzene rings is 2. The zero-order chi connectivity index (χ0) is 16.2. The molecule has 4 nitrogen and oxygen atoms in total. The fourth-order valence-corrected chi connectivity index (χ4v) is 2.62. The standard InChI is InChI=1S/C18H19FN2O2/c1-2-9-21-16-8-7-14(10-17(16)23-12-18(21)22)20-11-13-5-3-4-6-15(13)19/h3-8,10,20H,2,9,11-12H2,1H3. The number of halogens is 1. The van der Waals surface area contributed by atoms with Gasteiger partial charge in [0.15, 0.2) is 6.61 Å². The number of anilines is 2. The number of hydrogen-bond acceptors (Lipinski definition) is 3. The molecule has 0 fully saturated rings. The summed E-state index contributed by atoms with van der Waals surface area (Å²) in [7, 11) is 0. The summed E-state index contributed by atoms with van der Waals surface area (Å²) in [6.07, 6.45) is 0.887. The summed E-state index contributed by atoms with van der Waals surface area (Å²) in [4.78, 5) is 13.7. The molecule has 2 aromatic rings. The van der Waals surface area contributed by atoms with Crippen molar-refractivity contribution in [1.29, 1.82) is 0 Å². The van der Waals surface area contributed by atoms with Gasteiger partial charge < -0.3 is 15.0 Å². The molecular weight excluding hydrogens is 295 g/mol. The number of nitrogens with one attached hydrogen (secondary N) is 1. The van der Waals surface area contributed by atoms with E-state index >= 15 is 0 Å². The predicted molar refractivity (Wildman–Crippen MR) is 88.3 cm³/mol. The lowest BCUT2D eigenvalue weighted by molar-refractivity contribution is -0.121. The van der Waals surface area contributed by atoms with E-state index in [-0.39, 0.29) is 18.3 Å². The summed E-state index contributed by atoms with van der Waals surface area (Å²) >= 11 is 0. The van der Waals surface area contributed by atoms with Gasteiger partial charge in [0, 0.05) is 30.4 Å². The van der Waals surface area contributed by atoms with Gasteiger partial charge in [-0.25, -0.2) is 4.39 Å². The second kappa shape index (κ2) is 6.69. The highest BCUT2D eigenvalue weighted by Gasteiger charge is 2.24. The zero-order valence-electron chi connectivity index (χ0n) is 13.0. The van der Waals surface area contributed by atoms with Gasteiger partial charge in [-0.1, -0.05) is 25.1 Å². The Kier molecular flexibility index (Phi) is 4.46. The van der Waals surface area contributed by atoms with Crippen LogP contribution in [-0.2, 0) is 11.3 Å². The Labute approximate surface area is 134 Å². The molecule has 0 saturated heterocycles. The van der Waals surface area contributed by atoms with Crippen molar-refractivity contribution in [3.8, 4) is 5.75 Å². The highest BCUT2D eigenvalue weighted by Crippen LogP contribution is 2.34. The van der Waals surface area contributed by atoms with Crippen LogP contribution in [0.3, 0.4) is 0 Å². The van der Waals surface area contributed by atoms with Gasteiger partial charge in [-0.05, 0) is 24.6 Å². The van der Waals surface area contributed by atoms with Crippen LogP contribution in [0.4, 0.5) is 15.8 Å². The molecule has 0 unspecified atom stereocenters. The van der Waals surface area contributed by atoms with E-state index in [4.69, 9.17) is 4.74 Å². The van der Waals surface area contributed by atoms with Crippen molar-refractivity contribution in [2.75, 3.05) is 23.4 Å². The van der Waals surface area contributed by atoms with Gasteiger partial charge in [0.2, 0.25) is 0 Å². The van der Waals surface area contributed by atoms with Crippen LogP contribution in [0.2, 0.25) is 0 Å². The Morgan fingerprint density at radius 1 is 1.26 bits per heavy atom. The number of ether oxygens (including phenoxy) is 1. The molecule has 23 heavy (non-hydrogen) atoms. The third-order valence-corrected chi connectivity index (χ3v) is 3.79. The van der Waals surface area contributed by atoms with Crippen LogP contribution in [-0.4, -0.2) is 19.1 Å². The number of rotatable bonds is 5. The molecule has 1 aliphatic heterocycles. The Morgan fingerprint density at radius 2 is 2.09 bits per heavy atom. The molecule has 1 amide bonds. The number of fused-ring (bicyclic) bond motifs is 1. The van der Waals surface area contributed by atoms with Crippen molar-refractivity contribution in [3.05, 3.63) is 53.8 Å². The summed E-state index contributed by atoms with van der Waals surface area (Å²) in [5.74, 6) is 0.428. The van der Waals surface area contributed by atoms with E-state index in [0.29, 0.717) is 24.4 Å². The SMILES string of the molecule is CCCN1C(=O)COc2cc(NCc3ccccc3F)ccc21. The molecule has 1 aliphatic rings. The fraction of sp³-hybridized carbons (Fsp3) is 0.278. The monoisotopic (exact) mass is 314 g/mol. The second-order valence-electron chi connectivity index (χ2n) is 5.46. The Bertz CT molecular complexity index is 718. The maximum atomic E-state index is 13.6. The lowest BCUT2D eigenvalue weighted by Gasteiger charge is -2.29. The van der Waals surface area contributed by atoms with Gasteiger partial charge in [-0.2, -0.15) is 0 Å². The molecule has 0 aliphatic carbocycles. The maximum absolute atomic E-state index is 13.6. The van der Waals surface area contributed by atoms with Crippen molar-refractivity contribution >= 4 is 17.3 Å². The average molecular weight is 314 g/mol. The molecule has 1 heterocycles. The van der Waals surface area contributed by atoms with Crippen LogP contribution in [0.1, 0.15) is 18.9 Å². The highest BCUT2D eigenvalue weighted by molar-refractivity contribution is 5.98. The van der Waals surface area contributed by atoms with Gasteiger partial charge in [-0.15, -0.1) is 0 Å². The van der Waals surface area contributed by atoms with Crippen LogP contribution >= 0.6 is 0 Å².